The zero-order valence-electron chi connectivity index (χ0n) is 14.9. The molecule has 0 radical (unpaired) electrons. The fraction of sp³-hybridized carbons (Fsp3) is 0.412. The Morgan fingerprint density at radius 3 is 2.93 bits per heavy atom. The van der Waals surface area contributed by atoms with Crippen LogP contribution >= 0.6 is 23.6 Å². The third-order valence-electron chi connectivity index (χ3n) is 4.33. The Kier molecular flexibility index (Phi) is 5.88. The van der Waals surface area contributed by atoms with Gasteiger partial charge in [-0.05, 0) is 37.0 Å². The lowest BCUT2D eigenvalue weighted by molar-refractivity contribution is 0.0601. The van der Waals surface area contributed by atoms with Crippen LogP contribution in [0.2, 0.25) is 0 Å². The van der Waals surface area contributed by atoms with E-state index in [-0.39, 0.29) is 22.8 Å². The molecule has 0 aromatic carbocycles. The molecule has 1 aliphatic rings. The van der Waals surface area contributed by atoms with Crippen LogP contribution in [-0.4, -0.2) is 47.7 Å². The molecule has 0 saturated heterocycles. The summed E-state index contributed by atoms with van der Waals surface area (Å²) in [4.78, 5) is 32.3. The zero-order valence-corrected chi connectivity index (χ0v) is 16.5. The van der Waals surface area contributed by atoms with Crippen LogP contribution in [0.1, 0.15) is 32.8 Å². The molecule has 144 valence electrons. The van der Waals surface area contributed by atoms with Gasteiger partial charge in [0.05, 0.1) is 25.8 Å². The number of methoxy groups -OCH3 is 2. The van der Waals surface area contributed by atoms with Gasteiger partial charge in [-0.1, -0.05) is 0 Å². The van der Waals surface area contributed by atoms with Gasteiger partial charge in [0.15, 0.2) is 4.77 Å². The normalized spacial score (nSPS) is 13.3. The molecular weight excluding hydrogens is 390 g/mol. The number of H-pyrrole nitrogens is 1. The smallest absolute Gasteiger partial charge is 0.341 e. The number of carbonyl (C=O) groups is 1. The first kappa shape index (κ1) is 19.5. The predicted octanol–water partition coefficient (Wildman–Crippen LogP) is 2.35. The molecule has 0 aliphatic heterocycles. The number of hydrogen-bond acceptors (Lipinski definition) is 8. The average Bonchev–Trinajstić information content (AvgIpc) is 3.21. The number of fused-ring (bicyclic) bond motifs is 1. The van der Waals surface area contributed by atoms with Gasteiger partial charge in [-0.15, -0.1) is 11.3 Å². The summed E-state index contributed by atoms with van der Waals surface area (Å²) in [5.74, 6) is -0.746. The Labute approximate surface area is 164 Å². The summed E-state index contributed by atoms with van der Waals surface area (Å²) in [7, 11) is 2.85. The molecule has 2 heterocycles. The number of nitrogens with one attached hydrogen (secondary N) is 1. The topological polar surface area (TPSA) is 106 Å². The first-order chi connectivity index (χ1) is 13.0. The number of aromatic amines is 1. The van der Waals surface area contributed by atoms with Crippen LogP contribution in [0, 0.1) is 4.77 Å². The lowest BCUT2D eigenvalue weighted by Crippen LogP contribution is -2.20. The number of aromatic nitrogens is 2. The van der Waals surface area contributed by atoms with Gasteiger partial charge in [0.25, 0.3) is 5.56 Å². The highest BCUT2D eigenvalue weighted by atomic mass is 32.1. The lowest BCUT2D eigenvalue weighted by Gasteiger charge is -2.10. The quantitative estimate of drug-likeness (QED) is 0.431. The fourth-order valence-corrected chi connectivity index (χ4v) is 4.49. The van der Waals surface area contributed by atoms with Crippen LogP contribution in [-0.2, 0) is 28.9 Å². The van der Waals surface area contributed by atoms with E-state index in [9.17, 15) is 14.7 Å². The molecule has 2 aromatic heterocycles. The van der Waals surface area contributed by atoms with Gasteiger partial charge >= 0.3 is 5.97 Å². The fourth-order valence-electron chi connectivity index (χ4n) is 3.00. The van der Waals surface area contributed by atoms with E-state index in [1.54, 1.807) is 0 Å². The van der Waals surface area contributed by atoms with Crippen molar-refractivity contribution in [1.82, 2.24) is 9.55 Å². The molecule has 2 N–H and O–H groups in total. The summed E-state index contributed by atoms with van der Waals surface area (Å²) in [5.41, 5.74) is 0.810. The Hall–Kier alpha value is -2.30. The third kappa shape index (κ3) is 3.73. The van der Waals surface area contributed by atoms with Crippen molar-refractivity contribution in [3.63, 3.8) is 0 Å². The number of aliphatic imine (C=N–C) groups is 1. The van der Waals surface area contributed by atoms with E-state index < -0.39 is 11.5 Å². The number of rotatable bonds is 6. The van der Waals surface area contributed by atoms with Crippen molar-refractivity contribution in [2.75, 3.05) is 20.8 Å². The second-order valence-corrected chi connectivity index (χ2v) is 7.40. The summed E-state index contributed by atoms with van der Waals surface area (Å²) in [6.45, 7) is 0.591. The van der Waals surface area contributed by atoms with E-state index in [0.29, 0.717) is 17.2 Å². The predicted molar refractivity (Wildman–Crippen MR) is 104 cm³/mol. The van der Waals surface area contributed by atoms with Crippen LogP contribution in [0.4, 0.5) is 5.00 Å². The standard InChI is InChI=1S/C17H19N3O5S2/c1-24-7-6-20-15(22)10(13(21)19-17(20)26)8-18-14-12(16(23)25-2)9-4-3-5-11(9)27-14/h8,22H,3-7H2,1-2H3,(H,19,21,26). The molecule has 0 amide bonds. The lowest BCUT2D eigenvalue weighted by atomic mass is 10.1. The van der Waals surface area contributed by atoms with E-state index >= 15 is 0 Å². The maximum absolute atomic E-state index is 12.2. The maximum atomic E-state index is 12.2. The Balaban J connectivity index is 2.04. The van der Waals surface area contributed by atoms with Gasteiger partial charge in [-0.2, -0.15) is 0 Å². The number of carbonyl (C=O) groups excluding carboxylic acids is 1. The Morgan fingerprint density at radius 2 is 2.22 bits per heavy atom. The number of esters is 1. The number of ether oxygens (including phenoxy) is 2. The number of aromatic hydroxyl groups is 1. The van der Waals surface area contributed by atoms with Gasteiger partial charge in [0.1, 0.15) is 10.6 Å². The number of aryl methyl sites for hydroxylation is 1. The van der Waals surface area contributed by atoms with Crippen molar-refractivity contribution in [3.05, 3.63) is 36.7 Å². The van der Waals surface area contributed by atoms with Crippen LogP contribution in [0.3, 0.4) is 0 Å². The van der Waals surface area contributed by atoms with E-state index in [4.69, 9.17) is 21.7 Å². The number of nitrogens with zero attached hydrogens (tertiary/aromatic N) is 2. The van der Waals surface area contributed by atoms with Crippen molar-refractivity contribution in [3.8, 4) is 5.88 Å². The molecular formula is C17H19N3O5S2. The molecule has 8 nitrogen and oxygen atoms in total. The highest BCUT2D eigenvalue weighted by Gasteiger charge is 2.27. The SMILES string of the molecule is COCCn1c(O)c(C=Nc2sc3c(c2C(=O)OC)CCC3)c(=O)[nH]c1=S. The highest BCUT2D eigenvalue weighted by Crippen LogP contribution is 2.41. The van der Waals surface area contributed by atoms with Crippen molar-refractivity contribution >= 4 is 40.7 Å². The summed E-state index contributed by atoms with van der Waals surface area (Å²) >= 11 is 6.48. The number of hydrogen-bond donors (Lipinski definition) is 2. The molecule has 1 aliphatic carbocycles. The summed E-state index contributed by atoms with van der Waals surface area (Å²) in [6, 6.07) is 0. The molecule has 0 saturated carbocycles. The van der Waals surface area contributed by atoms with Crippen LogP contribution < -0.4 is 5.56 Å². The molecule has 0 unspecified atom stereocenters. The average molecular weight is 409 g/mol. The van der Waals surface area contributed by atoms with Gasteiger partial charge < -0.3 is 14.6 Å². The first-order valence-electron chi connectivity index (χ1n) is 8.29. The molecule has 10 heteroatoms. The minimum Gasteiger partial charge on any atom is -0.494 e. The largest absolute Gasteiger partial charge is 0.494 e. The highest BCUT2D eigenvalue weighted by molar-refractivity contribution is 7.71. The second kappa shape index (κ2) is 8.15. The van der Waals surface area contributed by atoms with Crippen molar-refractivity contribution in [2.45, 2.75) is 25.8 Å². The minimum atomic E-state index is -0.557. The van der Waals surface area contributed by atoms with Crippen molar-refractivity contribution in [1.29, 1.82) is 0 Å². The number of thiophene rings is 1. The summed E-state index contributed by atoms with van der Waals surface area (Å²) in [6.07, 6.45) is 3.95. The van der Waals surface area contributed by atoms with Crippen molar-refractivity contribution in [2.24, 2.45) is 4.99 Å². The van der Waals surface area contributed by atoms with Gasteiger partial charge in [0.2, 0.25) is 5.88 Å². The Bertz CT molecular complexity index is 1020. The van der Waals surface area contributed by atoms with Gasteiger partial charge in [-0.25, -0.2) is 9.79 Å². The van der Waals surface area contributed by atoms with E-state index in [1.165, 1.54) is 36.3 Å². The van der Waals surface area contributed by atoms with Crippen molar-refractivity contribution < 1.29 is 19.4 Å². The molecule has 3 rings (SSSR count). The molecule has 0 bridgehead atoms. The molecule has 2 aromatic rings. The second-order valence-electron chi connectivity index (χ2n) is 5.93. The van der Waals surface area contributed by atoms with Gasteiger partial charge in [0, 0.05) is 18.2 Å². The Morgan fingerprint density at radius 1 is 1.44 bits per heavy atom. The zero-order chi connectivity index (χ0) is 19.6. The van der Waals surface area contributed by atoms with Crippen LogP contribution in [0.15, 0.2) is 9.79 Å². The molecule has 27 heavy (non-hydrogen) atoms. The maximum Gasteiger partial charge on any atom is 0.341 e. The molecule has 0 fully saturated rings. The molecule has 0 atom stereocenters. The van der Waals surface area contributed by atoms with E-state index in [2.05, 4.69) is 9.98 Å². The molecule has 0 spiro atoms. The van der Waals surface area contributed by atoms with E-state index in [0.717, 1.165) is 29.7 Å². The van der Waals surface area contributed by atoms with Crippen LogP contribution in [0.5, 0.6) is 5.88 Å². The van der Waals surface area contributed by atoms with Gasteiger partial charge in [-0.3, -0.25) is 14.3 Å². The summed E-state index contributed by atoms with van der Waals surface area (Å²) in [5, 5.41) is 10.9. The third-order valence-corrected chi connectivity index (χ3v) is 5.85. The van der Waals surface area contributed by atoms with E-state index in [1.807, 2.05) is 0 Å². The summed E-state index contributed by atoms with van der Waals surface area (Å²) < 4.78 is 11.3. The minimum absolute atomic E-state index is 0.0379. The van der Waals surface area contributed by atoms with Crippen LogP contribution in [0.25, 0.3) is 0 Å². The first-order valence-corrected chi connectivity index (χ1v) is 9.52. The monoisotopic (exact) mass is 409 g/mol.